The van der Waals surface area contributed by atoms with E-state index in [9.17, 15) is 9.59 Å². The van der Waals surface area contributed by atoms with Gasteiger partial charge in [-0.05, 0) is 59.0 Å². The molecule has 2 saturated heterocycles. The van der Waals surface area contributed by atoms with Crippen LogP contribution in [0.2, 0.25) is 5.02 Å². The first-order valence-electron chi connectivity index (χ1n) is 11.5. The SMILES string of the molecule is COc1ccc(-n2nnnc2CN2CCN(C(=O)C3CC(=O)N(c4ccc(Cl)cc4)C3)CC2)cc1. The van der Waals surface area contributed by atoms with Crippen LogP contribution in [-0.4, -0.2) is 81.7 Å². The first-order chi connectivity index (χ1) is 17.0. The summed E-state index contributed by atoms with van der Waals surface area (Å²) in [5.41, 5.74) is 1.63. The standard InChI is InChI=1S/C24H26ClN7O3/c1-35-21-8-6-20(7-9-21)32-22(26-27-28-32)16-29-10-12-30(13-11-29)24(34)17-14-23(33)31(15-17)19-4-2-18(25)3-5-19/h2-9,17H,10-16H2,1H3. The molecule has 2 aliphatic rings. The Balaban J connectivity index is 1.16. The highest BCUT2D eigenvalue weighted by atomic mass is 35.5. The Morgan fingerprint density at radius 2 is 1.71 bits per heavy atom. The molecule has 0 spiro atoms. The van der Waals surface area contributed by atoms with Gasteiger partial charge in [0.05, 0.1) is 25.3 Å². The van der Waals surface area contributed by atoms with Crippen molar-refractivity contribution in [2.45, 2.75) is 13.0 Å². The first-order valence-corrected chi connectivity index (χ1v) is 11.9. The second-order valence-electron chi connectivity index (χ2n) is 8.69. The van der Waals surface area contributed by atoms with Gasteiger partial charge in [0, 0.05) is 49.9 Å². The summed E-state index contributed by atoms with van der Waals surface area (Å²) in [6, 6.07) is 14.7. The van der Waals surface area contributed by atoms with E-state index in [1.165, 1.54) is 0 Å². The fourth-order valence-corrected chi connectivity index (χ4v) is 4.68. The normalized spacial score (nSPS) is 18.8. The predicted octanol–water partition coefficient (Wildman–Crippen LogP) is 2.02. The minimum atomic E-state index is -0.327. The van der Waals surface area contributed by atoms with E-state index in [2.05, 4.69) is 20.4 Å². The Kier molecular flexibility index (Phi) is 6.65. The number of amides is 2. The van der Waals surface area contributed by atoms with Crippen LogP contribution in [0.25, 0.3) is 5.69 Å². The lowest BCUT2D eigenvalue weighted by Gasteiger charge is -2.35. The molecule has 1 unspecified atom stereocenters. The lowest BCUT2D eigenvalue weighted by atomic mass is 10.1. The maximum atomic E-state index is 13.2. The molecular weight excluding hydrogens is 470 g/mol. The minimum absolute atomic E-state index is 0.0327. The van der Waals surface area contributed by atoms with Crippen LogP contribution in [0.3, 0.4) is 0 Å². The van der Waals surface area contributed by atoms with Crippen LogP contribution in [0.5, 0.6) is 5.75 Å². The summed E-state index contributed by atoms with van der Waals surface area (Å²) in [7, 11) is 1.63. The fourth-order valence-electron chi connectivity index (χ4n) is 4.56. The van der Waals surface area contributed by atoms with Crippen LogP contribution in [-0.2, 0) is 16.1 Å². The van der Waals surface area contributed by atoms with Crippen LogP contribution >= 0.6 is 11.6 Å². The summed E-state index contributed by atoms with van der Waals surface area (Å²) in [5.74, 6) is 1.18. The number of anilines is 1. The molecule has 1 aromatic heterocycles. The maximum absolute atomic E-state index is 13.2. The van der Waals surface area contributed by atoms with Crippen molar-refractivity contribution in [3.63, 3.8) is 0 Å². The third-order valence-corrected chi connectivity index (χ3v) is 6.76. The monoisotopic (exact) mass is 495 g/mol. The number of ether oxygens (including phenoxy) is 1. The van der Waals surface area contributed by atoms with Gasteiger partial charge < -0.3 is 14.5 Å². The molecule has 0 saturated carbocycles. The number of carbonyl (C=O) groups is 2. The number of hydrogen-bond acceptors (Lipinski definition) is 7. The molecule has 1 atom stereocenters. The van der Waals surface area contributed by atoms with E-state index in [-0.39, 0.29) is 24.2 Å². The molecule has 0 N–H and O–H groups in total. The zero-order chi connectivity index (χ0) is 24.4. The van der Waals surface area contributed by atoms with Crippen molar-refractivity contribution < 1.29 is 14.3 Å². The summed E-state index contributed by atoms with van der Waals surface area (Å²) >= 11 is 5.96. The average Bonchev–Trinajstić information content (AvgIpc) is 3.51. The molecule has 0 aliphatic carbocycles. The zero-order valence-corrected chi connectivity index (χ0v) is 20.1. The summed E-state index contributed by atoms with van der Waals surface area (Å²) < 4.78 is 6.93. The predicted molar refractivity (Wildman–Crippen MR) is 129 cm³/mol. The Morgan fingerprint density at radius 1 is 1.03 bits per heavy atom. The van der Waals surface area contributed by atoms with Crippen molar-refractivity contribution in [3.8, 4) is 11.4 Å². The van der Waals surface area contributed by atoms with Gasteiger partial charge in [-0.1, -0.05) is 11.6 Å². The summed E-state index contributed by atoms with van der Waals surface area (Å²) in [6.07, 6.45) is 0.234. The summed E-state index contributed by atoms with van der Waals surface area (Å²) in [5, 5.41) is 12.8. The zero-order valence-electron chi connectivity index (χ0n) is 19.4. The molecule has 35 heavy (non-hydrogen) atoms. The number of rotatable bonds is 6. The van der Waals surface area contributed by atoms with E-state index in [4.69, 9.17) is 16.3 Å². The number of hydrogen-bond donors (Lipinski definition) is 0. The van der Waals surface area contributed by atoms with Gasteiger partial charge >= 0.3 is 0 Å². The number of nitrogens with zero attached hydrogens (tertiary/aromatic N) is 7. The highest BCUT2D eigenvalue weighted by molar-refractivity contribution is 6.30. The van der Waals surface area contributed by atoms with E-state index >= 15 is 0 Å². The number of benzene rings is 2. The molecule has 2 aliphatic heterocycles. The highest BCUT2D eigenvalue weighted by Gasteiger charge is 2.38. The summed E-state index contributed by atoms with van der Waals surface area (Å²) in [6.45, 7) is 3.61. The molecule has 2 amide bonds. The van der Waals surface area contributed by atoms with Crippen LogP contribution in [0.15, 0.2) is 48.5 Å². The third-order valence-electron chi connectivity index (χ3n) is 6.51. The van der Waals surface area contributed by atoms with E-state index in [0.717, 1.165) is 22.9 Å². The van der Waals surface area contributed by atoms with Gasteiger partial charge in [0.25, 0.3) is 0 Å². The molecular formula is C24H26ClN7O3. The van der Waals surface area contributed by atoms with Gasteiger partial charge in [0.2, 0.25) is 11.8 Å². The lowest BCUT2D eigenvalue weighted by molar-refractivity contribution is -0.137. The lowest BCUT2D eigenvalue weighted by Crippen LogP contribution is -2.50. The molecule has 182 valence electrons. The molecule has 2 fully saturated rings. The Labute approximate surface area is 208 Å². The smallest absolute Gasteiger partial charge is 0.228 e. The number of piperazine rings is 1. The van der Waals surface area contributed by atoms with Crippen LogP contribution in [0.1, 0.15) is 12.2 Å². The van der Waals surface area contributed by atoms with E-state index < -0.39 is 0 Å². The first kappa shape index (κ1) is 23.3. The molecule has 2 aromatic carbocycles. The number of carbonyl (C=O) groups excluding carboxylic acids is 2. The minimum Gasteiger partial charge on any atom is -0.497 e. The quantitative estimate of drug-likeness (QED) is 0.516. The molecule has 11 heteroatoms. The van der Waals surface area contributed by atoms with Crippen molar-refractivity contribution in [2.75, 3.05) is 44.7 Å². The molecule has 3 heterocycles. The van der Waals surface area contributed by atoms with Crippen molar-refractivity contribution in [1.82, 2.24) is 30.0 Å². The largest absolute Gasteiger partial charge is 0.497 e. The molecule has 0 radical (unpaired) electrons. The fraction of sp³-hybridized carbons (Fsp3) is 0.375. The Hall–Kier alpha value is -3.50. The highest BCUT2D eigenvalue weighted by Crippen LogP contribution is 2.28. The van der Waals surface area contributed by atoms with Gasteiger partial charge in [-0.2, -0.15) is 4.68 Å². The van der Waals surface area contributed by atoms with Crippen molar-refractivity contribution >= 4 is 29.1 Å². The van der Waals surface area contributed by atoms with Crippen molar-refractivity contribution in [1.29, 1.82) is 0 Å². The van der Waals surface area contributed by atoms with Gasteiger partial charge in [-0.15, -0.1) is 5.10 Å². The van der Waals surface area contributed by atoms with E-state index in [1.807, 2.05) is 41.3 Å². The van der Waals surface area contributed by atoms with Gasteiger partial charge in [-0.25, -0.2) is 0 Å². The molecule has 0 bridgehead atoms. The molecule has 3 aromatic rings. The van der Waals surface area contributed by atoms with Crippen LogP contribution in [0, 0.1) is 5.92 Å². The Morgan fingerprint density at radius 3 is 2.40 bits per heavy atom. The van der Waals surface area contributed by atoms with Crippen LogP contribution < -0.4 is 9.64 Å². The van der Waals surface area contributed by atoms with Crippen LogP contribution in [0.4, 0.5) is 5.69 Å². The van der Waals surface area contributed by atoms with Gasteiger partial charge in [0.1, 0.15) is 5.75 Å². The Bertz CT molecular complexity index is 1190. The van der Waals surface area contributed by atoms with Gasteiger partial charge in [-0.3, -0.25) is 14.5 Å². The van der Waals surface area contributed by atoms with E-state index in [0.29, 0.717) is 44.3 Å². The second-order valence-corrected chi connectivity index (χ2v) is 9.12. The molecule has 10 nitrogen and oxygen atoms in total. The number of aromatic nitrogens is 4. The topological polar surface area (TPSA) is 96.7 Å². The number of methoxy groups -OCH3 is 1. The maximum Gasteiger partial charge on any atom is 0.228 e. The van der Waals surface area contributed by atoms with Crippen molar-refractivity contribution in [2.24, 2.45) is 5.92 Å². The van der Waals surface area contributed by atoms with E-state index in [1.54, 1.807) is 28.8 Å². The van der Waals surface area contributed by atoms with Crippen molar-refractivity contribution in [3.05, 3.63) is 59.4 Å². The van der Waals surface area contributed by atoms with Gasteiger partial charge in [0.15, 0.2) is 5.82 Å². The third kappa shape index (κ3) is 4.98. The second kappa shape index (κ2) is 10.0. The average molecular weight is 496 g/mol. The number of halogens is 1. The summed E-state index contributed by atoms with van der Waals surface area (Å²) in [4.78, 5) is 31.5. The molecule has 5 rings (SSSR count). The number of tetrazole rings is 1.